The number of ether oxygens (including phenoxy) is 1. The van der Waals surface area contributed by atoms with Gasteiger partial charge in [0.1, 0.15) is 6.07 Å². The van der Waals surface area contributed by atoms with Gasteiger partial charge in [-0.3, -0.25) is 9.48 Å². The van der Waals surface area contributed by atoms with Gasteiger partial charge in [0.25, 0.3) is 6.43 Å². The number of benzene rings is 2. The first kappa shape index (κ1) is 44.6. The minimum Gasteiger partial charge on any atom is -0.371 e. The topological polar surface area (TPSA) is 125 Å². The van der Waals surface area contributed by atoms with Crippen LogP contribution in [0.15, 0.2) is 71.2 Å². The van der Waals surface area contributed by atoms with Crippen molar-refractivity contribution in [3.05, 3.63) is 87.8 Å². The Bertz CT molecular complexity index is 2760. The third kappa shape index (κ3) is 8.29. The number of amidine groups is 1. The zero-order chi connectivity index (χ0) is 46.8. The summed E-state index contributed by atoms with van der Waals surface area (Å²) < 4.78 is 39.9. The highest BCUT2D eigenvalue weighted by molar-refractivity contribution is 6.32. The first-order valence-electron chi connectivity index (χ1n) is 24.3. The number of piperidine rings is 1. The maximum Gasteiger partial charge on any atom is 0.264 e. The zero-order valence-electron chi connectivity index (χ0n) is 39.1. The average Bonchev–Trinajstić information content (AvgIpc) is 4.04. The molecule has 1 spiro atoms. The number of fused-ring (bicyclic) bond motifs is 1. The van der Waals surface area contributed by atoms with Gasteiger partial charge in [-0.25, -0.2) is 8.78 Å². The molecule has 3 saturated heterocycles. The molecule has 8 heterocycles. The van der Waals surface area contributed by atoms with Gasteiger partial charge in [0.15, 0.2) is 17.3 Å². The van der Waals surface area contributed by atoms with Crippen LogP contribution in [0.3, 0.4) is 0 Å². The summed E-state index contributed by atoms with van der Waals surface area (Å²) in [5.41, 5.74) is 8.16. The Morgan fingerprint density at radius 2 is 1.74 bits per heavy atom. The molecule has 7 aliphatic rings. The SMILES string of the molecule is CC(=O)N1CCC2=C(C1)C(N1CCCc3cc(-c4cnn(C)c4)c(C(F)F)cc31)=N[N+]2=C1CCC(OC2CN(c3ccc(N4CCC5(CC4)C[C@H](C)N(c4ccc(C#N)c(Cl)c4)C5)nn3)C2)CC1. The van der Waals surface area contributed by atoms with E-state index >= 15 is 0 Å². The lowest BCUT2D eigenvalue weighted by Gasteiger charge is -2.42. The van der Waals surface area contributed by atoms with E-state index in [1.807, 2.05) is 29.2 Å². The van der Waals surface area contributed by atoms with E-state index in [2.05, 4.69) is 64.7 Å². The van der Waals surface area contributed by atoms with Crippen LogP contribution in [0.1, 0.15) is 94.8 Å². The van der Waals surface area contributed by atoms with Gasteiger partial charge in [0, 0.05) is 112 Å². The Kier molecular flexibility index (Phi) is 11.7. The highest BCUT2D eigenvalue weighted by Gasteiger charge is 2.46. The van der Waals surface area contributed by atoms with Crippen LogP contribution in [0.25, 0.3) is 11.1 Å². The number of rotatable bonds is 7. The van der Waals surface area contributed by atoms with Gasteiger partial charge in [-0.15, -0.1) is 10.2 Å². The third-order valence-electron chi connectivity index (χ3n) is 15.7. The fourth-order valence-corrected chi connectivity index (χ4v) is 12.1. The van der Waals surface area contributed by atoms with Gasteiger partial charge in [0.05, 0.1) is 47.5 Å². The Balaban J connectivity index is 0.710. The van der Waals surface area contributed by atoms with Gasteiger partial charge in [-0.2, -0.15) is 10.4 Å². The van der Waals surface area contributed by atoms with Crippen LogP contribution in [-0.2, 0) is 23.0 Å². The van der Waals surface area contributed by atoms with Gasteiger partial charge in [-0.05, 0) is 111 Å². The van der Waals surface area contributed by atoms with Gasteiger partial charge in [-0.1, -0.05) is 16.3 Å². The van der Waals surface area contributed by atoms with E-state index < -0.39 is 6.43 Å². The molecule has 17 heteroatoms. The molecule has 0 bridgehead atoms. The zero-order valence-corrected chi connectivity index (χ0v) is 39.8. The van der Waals surface area contributed by atoms with Crippen LogP contribution in [0.2, 0.25) is 5.02 Å². The van der Waals surface area contributed by atoms with Crippen molar-refractivity contribution in [3.63, 3.8) is 0 Å². The van der Waals surface area contributed by atoms with Crippen molar-refractivity contribution in [1.29, 1.82) is 5.26 Å². The Morgan fingerprint density at radius 3 is 2.41 bits per heavy atom. The largest absolute Gasteiger partial charge is 0.371 e. The van der Waals surface area contributed by atoms with Gasteiger partial charge in [0.2, 0.25) is 17.4 Å². The second-order valence-electron chi connectivity index (χ2n) is 20.0. The van der Waals surface area contributed by atoms with Gasteiger partial charge < -0.3 is 29.2 Å². The first-order chi connectivity index (χ1) is 32.9. The minimum absolute atomic E-state index is 0.0153. The molecule has 0 unspecified atom stereocenters. The van der Waals surface area contributed by atoms with E-state index in [0.29, 0.717) is 53.8 Å². The molecule has 354 valence electrons. The van der Waals surface area contributed by atoms with Crippen molar-refractivity contribution in [2.45, 2.75) is 103 Å². The summed E-state index contributed by atoms with van der Waals surface area (Å²) >= 11 is 6.40. The number of aryl methyl sites for hydroxylation is 2. The average molecular weight is 945 g/mol. The number of alkyl halides is 2. The summed E-state index contributed by atoms with van der Waals surface area (Å²) in [6.45, 7) is 10.1. The highest BCUT2D eigenvalue weighted by atomic mass is 35.5. The van der Waals surface area contributed by atoms with Crippen LogP contribution < -0.4 is 19.6 Å². The molecule has 1 atom stereocenters. The number of carbonyl (C=O) groups is 1. The molecule has 1 saturated carbocycles. The number of halogens is 3. The van der Waals surface area contributed by atoms with E-state index in [1.165, 1.54) is 5.71 Å². The Morgan fingerprint density at radius 1 is 0.971 bits per heavy atom. The van der Waals surface area contributed by atoms with Crippen molar-refractivity contribution in [3.8, 4) is 17.2 Å². The number of hydrazone groups is 1. The molecule has 6 aliphatic heterocycles. The smallest absolute Gasteiger partial charge is 0.264 e. The summed E-state index contributed by atoms with van der Waals surface area (Å²) in [6.07, 6.45) is 10.2. The molecule has 14 nitrogen and oxygen atoms in total. The maximum absolute atomic E-state index is 14.8. The number of nitriles is 1. The van der Waals surface area contributed by atoms with Crippen molar-refractivity contribution >= 4 is 52.1 Å². The first-order valence-corrected chi connectivity index (χ1v) is 24.7. The maximum atomic E-state index is 14.8. The normalized spacial score (nSPS) is 22.8. The van der Waals surface area contributed by atoms with E-state index in [4.69, 9.17) is 21.4 Å². The lowest BCUT2D eigenvalue weighted by molar-refractivity contribution is -0.484. The van der Waals surface area contributed by atoms with E-state index in [9.17, 15) is 18.8 Å². The Hall–Kier alpha value is -5.92. The summed E-state index contributed by atoms with van der Waals surface area (Å²) in [4.78, 5) is 23.7. The summed E-state index contributed by atoms with van der Waals surface area (Å²) in [5, 5.41) is 28.8. The fourth-order valence-electron chi connectivity index (χ4n) is 11.9. The van der Waals surface area contributed by atoms with Crippen LogP contribution >= 0.6 is 11.6 Å². The molecule has 2 aromatic heterocycles. The number of aromatic nitrogens is 4. The van der Waals surface area contributed by atoms with Gasteiger partial charge >= 0.3 is 0 Å². The van der Waals surface area contributed by atoms with E-state index in [0.717, 1.165) is 136 Å². The number of hydrogen-bond donors (Lipinski definition) is 0. The number of amides is 1. The van der Waals surface area contributed by atoms with Crippen LogP contribution in [0.5, 0.6) is 0 Å². The molecular weight excluding hydrogens is 886 g/mol. The van der Waals surface area contributed by atoms with Crippen molar-refractivity contribution in [1.82, 2.24) is 24.9 Å². The predicted molar refractivity (Wildman–Crippen MR) is 259 cm³/mol. The number of carbonyl (C=O) groups excluding carboxylic acids is 1. The molecule has 4 aromatic rings. The monoisotopic (exact) mass is 943 g/mol. The van der Waals surface area contributed by atoms with Crippen LogP contribution in [0.4, 0.5) is 31.8 Å². The standard InChI is InChI=1S/C51H58ClF2N12O2/c1-32-24-51(31-65(32)38-7-6-35(25-55)44(52)22-38)15-19-61(20-16-51)47-12-13-48(58-57-47)63-28-40(29-63)68-39-10-8-37(9-11-39)66-45-14-18-62(33(2)67)30-43(45)50(59-66)64-17-4-5-34-21-41(36-26-56-60(3)27-36)42(49(53)54)23-46(34)64/h6-7,12-13,21-23,26-27,32,39-40,49H,4-5,8-11,14-20,24,28-31H2,1-3H3/q+1/t32-,39?/m0/s1. The molecule has 0 radical (unpaired) electrons. The number of anilines is 4. The van der Waals surface area contributed by atoms with E-state index in [1.54, 1.807) is 37.1 Å². The second-order valence-corrected chi connectivity index (χ2v) is 20.4. The van der Waals surface area contributed by atoms with Crippen molar-refractivity contribution in [2.75, 3.05) is 72.0 Å². The lowest BCUT2D eigenvalue weighted by atomic mass is 9.77. The molecule has 1 amide bonds. The third-order valence-corrected chi connectivity index (χ3v) is 16.0. The molecule has 1 aliphatic carbocycles. The summed E-state index contributed by atoms with van der Waals surface area (Å²) in [7, 11) is 1.79. The summed E-state index contributed by atoms with van der Waals surface area (Å²) in [6, 6.07) is 16.1. The molecule has 0 N–H and O–H groups in total. The van der Waals surface area contributed by atoms with Crippen LogP contribution in [-0.4, -0.2) is 118 Å². The molecule has 68 heavy (non-hydrogen) atoms. The molecule has 11 rings (SSSR count). The van der Waals surface area contributed by atoms with Crippen molar-refractivity contribution in [2.24, 2.45) is 17.6 Å². The van der Waals surface area contributed by atoms with Crippen molar-refractivity contribution < 1.29 is 23.0 Å². The second kappa shape index (κ2) is 17.9. The number of hydrogen-bond acceptors (Lipinski definition) is 11. The number of nitrogens with zero attached hydrogens (tertiary/aromatic N) is 12. The lowest BCUT2D eigenvalue weighted by Crippen LogP contribution is -2.54. The van der Waals surface area contributed by atoms with Crippen LogP contribution in [0, 0.1) is 16.7 Å². The minimum atomic E-state index is -2.66. The molecule has 4 fully saturated rings. The summed E-state index contributed by atoms with van der Waals surface area (Å²) in [5.74, 6) is 2.58. The molecule has 2 aromatic carbocycles. The quantitative estimate of drug-likeness (QED) is 0.168. The highest BCUT2D eigenvalue weighted by Crippen LogP contribution is 2.46. The Labute approximate surface area is 401 Å². The fraction of sp³-hybridized carbons (Fsp3) is 0.510. The van der Waals surface area contributed by atoms with E-state index in [-0.39, 0.29) is 29.1 Å². The predicted octanol–water partition coefficient (Wildman–Crippen LogP) is 8.11. The molecular formula is C51H58ClF2N12O2+.